The summed E-state index contributed by atoms with van der Waals surface area (Å²) in [4.78, 5) is 24.0. The molecule has 35 heavy (non-hydrogen) atoms. The molecule has 2 aromatic heterocycles. The lowest BCUT2D eigenvalue weighted by Gasteiger charge is -2.33. The Morgan fingerprint density at radius 2 is 1.89 bits per heavy atom. The third-order valence-electron chi connectivity index (χ3n) is 7.32. The van der Waals surface area contributed by atoms with Crippen LogP contribution in [0.15, 0.2) is 41.6 Å². The average Bonchev–Trinajstić information content (AvgIpc) is 3.11. The molecule has 3 heterocycles. The molecule has 1 saturated carbocycles. The first-order valence-corrected chi connectivity index (χ1v) is 14.1. The van der Waals surface area contributed by atoms with Crippen LogP contribution in [0.25, 0.3) is 0 Å². The zero-order valence-electron chi connectivity index (χ0n) is 21.1. The summed E-state index contributed by atoms with van der Waals surface area (Å²) in [5.74, 6) is 1.28. The molecule has 0 radical (unpaired) electrons. The van der Waals surface area contributed by atoms with Gasteiger partial charge >= 0.3 is 0 Å². The van der Waals surface area contributed by atoms with Crippen molar-refractivity contribution >= 4 is 27.6 Å². The van der Waals surface area contributed by atoms with E-state index < -0.39 is 15.9 Å². The number of hydrogen-bond acceptors (Lipinski definition) is 7. The summed E-state index contributed by atoms with van der Waals surface area (Å²) in [6.45, 7) is 9.26. The second-order valence-electron chi connectivity index (χ2n) is 10.7. The predicted octanol–water partition coefficient (Wildman–Crippen LogP) is 4.60. The van der Waals surface area contributed by atoms with Crippen molar-refractivity contribution in [3.05, 3.63) is 42.1 Å². The van der Waals surface area contributed by atoms with E-state index in [-0.39, 0.29) is 22.2 Å². The second-order valence-corrected chi connectivity index (χ2v) is 12.4. The number of carbonyl (C=O) groups excluding carboxylic acids is 1. The molecular weight excluding hydrogens is 462 g/mol. The van der Waals surface area contributed by atoms with Crippen LogP contribution in [0.1, 0.15) is 76.6 Å². The van der Waals surface area contributed by atoms with Crippen molar-refractivity contribution in [1.29, 1.82) is 0 Å². The molecule has 2 N–H and O–H groups in total. The molecule has 1 unspecified atom stereocenters. The lowest BCUT2D eigenvalue weighted by atomic mass is 9.84. The molecule has 8 nitrogen and oxygen atoms in total. The summed E-state index contributed by atoms with van der Waals surface area (Å²) in [6.07, 6.45) is 8.67. The average molecular weight is 500 g/mol. The molecule has 9 heteroatoms. The maximum atomic E-state index is 13.2. The van der Waals surface area contributed by atoms with E-state index in [0.717, 1.165) is 13.0 Å². The molecule has 2 atom stereocenters. The molecule has 1 amide bonds. The van der Waals surface area contributed by atoms with Gasteiger partial charge in [-0.25, -0.2) is 14.7 Å². The molecule has 1 saturated heterocycles. The van der Waals surface area contributed by atoms with Gasteiger partial charge < -0.3 is 10.2 Å². The van der Waals surface area contributed by atoms with Gasteiger partial charge in [0.1, 0.15) is 11.6 Å². The zero-order chi connectivity index (χ0) is 25.2. The minimum Gasteiger partial charge on any atom is -0.367 e. The van der Waals surface area contributed by atoms with Crippen LogP contribution in [-0.2, 0) is 10.0 Å². The van der Waals surface area contributed by atoms with Gasteiger partial charge in [0.05, 0.1) is 5.56 Å². The van der Waals surface area contributed by atoms with E-state index in [4.69, 9.17) is 0 Å². The highest BCUT2D eigenvalue weighted by Gasteiger charge is 2.39. The number of pyridine rings is 2. The van der Waals surface area contributed by atoms with Crippen molar-refractivity contribution in [3.8, 4) is 0 Å². The summed E-state index contributed by atoms with van der Waals surface area (Å²) in [7, 11) is -4.17. The number of sulfonamides is 1. The van der Waals surface area contributed by atoms with Gasteiger partial charge in [0, 0.05) is 24.3 Å². The van der Waals surface area contributed by atoms with Crippen LogP contribution >= 0.6 is 0 Å². The van der Waals surface area contributed by atoms with Crippen molar-refractivity contribution in [3.63, 3.8) is 0 Å². The highest BCUT2D eigenvalue weighted by Crippen LogP contribution is 2.37. The number of rotatable bonds is 7. The second kappa shape index (κ2) is 10.1. The molecule has 2 fully saturated rings. The Kier molecular flexibility index (Phi) is 7.35. The maximum absolute atomic E-state index is 13.2. The quantitative estimate of drug-likeness (QED) is 0.574. The van der Waals surface area contributed by atoms with Gasteiger partial charge in [-0.3, -0.25) is 4.79 Å². The first-order valence-electron chi connectivity index (χ1n) is 12.6. The standard InChI is InChI=1S/C26H37N5O3S/c1-18-16-26(3,4)31(17-18)24-21(12-9-15-27-24)25(32)30-35(33,34)23-14-8-13-22(29-23)28-19(2)20-10-6-5-7-11-20/h8-9,12-15,18-20H,5-7,10-11,16-17H2,1-4H3,(H,28,29)(H,30,32)/t18?,19-/m0/s1. The van der Waals surface area contributed by atoms with Crippen LogP contribution in [0.5, 0.6) is 0 Å². The Hall–Kier alpha value is -2.68. The van der Waals surface area contributed by atoms with Crippen molar-refractivity contribution in [1.82, 2.24) is 14.7 Å². The number of aromatic nitrogens is 2. The van der Waals surface area contributed by atoms with Gasteiger partial charge in [0.25, 0.3) is 15.9 Å². The Bertz CT molecular complexity index is 1160. The highest BCUT2D eigenvalue weighted by atomic mass is 32.2. The number of carbonyl (C=O) groups is 1. The topological polar surface area (TPSA) is 104 Å². The van der Waals surface area contributed by atoms with Crippen LogP contribution in [-0.4, -0.2) is 42.4 Å². The third-order valence-corrected chi connectivity index (χ3v) is 8.55. The number of anilines is 2. The molecule has 1 aliphatic carbocycles. The fourth-order valence-corrected chi connectivity index (χ4v) is 6.54. The third kappa shape index (κ3) is 5.77. The summed E-state index contributed by atoms with van der Waals surface area (Å²) in [6, 6.07) is 8.26. The van der Waals surface area contributed by atoms with Gasteiger partial charge in [-0.1, -0.05) is 32.3 Å². The lowest BCUT2D eigenvalue weighted by Crippen LogP contribution is -2.41. The molecule has 2 aliphatic rings. The lowest BCUT2D eigenvalue weighted by molar-refractivity contribution is 0.0981. The van der Waals surface area contributed by atoms with Crippen LogP contribution < -0.4 is 14.9 Å². The highest BCUT2D eigenvalue weighted by molar-refractivity contribution is 7.90. The molecule has 2 aromatic rings. The fraction of sp³-hybridized carbons (Fsp3) is 0.577. The first-order chi connectivity index (χ1) is 16.6. The summed E-state index contributed by atoms with van der Waals surface area (Å²) in [5.41, 5.74) is 0.0524. The Balaban J connectivity index is 1.51. The summed E-state index contributed by atoms with van der Waals surface area (Å²) in [5, 5.41) is 3.18. The normalized spacial score (nSPS) is 21.5. The predicted molar refractivity (Wildman–Crippen MR) is 138 cm³/mol. The van der Waals surface area contributed by atoms with Crippen molar-refractivity contribution in [2.24, 2.45) is 11.8 Å². The molecule has 4 rings (SSSR count). The van der Waals surface area contributed by atoms with Gasteiger partial charge in [0.15, 0.2) is 5.03 Å². The van der Waals surface area contributed by atoms with E-state index in [2.05, 4.69) is 52.6 Å². The summed E-state index contributed by atoms with van der Waals surface area (Å²) < 4.78 is 28.4. The van der Waals surface area contributed by atoms with Crippen LogP contribution in [0, 0.1) is 11.8 Å². The van der Waals surface area contributed by atoms with Crippen LogP contribution in [0.2, 0.25) is 0 Å². The molecule has 0 bridgehead atoms. The van der Waals surface area contributed by atoms with E-state index in [1.807, 2.05) is 0 Å². The van der Waals surface area contributed by atoms with E-state index in [9.17, 15) is 13.2 Å². The monoisotopic (exact) mass is 499 g/mol. The Morgan fingerprint density at radius 1 is 1.14 bits per heavy atom. The van der Waals surface area contributed by atoms with E-state index >= 15 is 0 Å². The Morgan fingerprint density at radius 3 is 2.57 bits per heavy atom. The van der Waals surface area contributed by atoms with E-state index in [0.29, 0.717) is 23.5 Å². The number of amides is 1. The summed E-state index contributed by atoms with van der Waals surface area (Å²) >= 11 is 0. The van der Waals surface area contributed by atoms with Crippen molar-refractivity contribution in [2.45, 2.75) is 82.8 Å². The van der Waals surface area contributed by atoms with E-state index in [1.54, 1.807) is 30.5 Å². The largest absolute Gasteiger partial charge is 0.367 e. The van der Waals surface area contributed by atoms with Gasteiger partial charge in [-0.15, -0.1) is 0 Å². The first kappa shape index (κ1) is 25.4. The molecule has 0 spiro atoms. The van der Waals surface area contributed by atoms with Crippen LogP contribution in [0.4, 0.5) is 11.6 Å². The smallest absolute Gasteiger partial charge is 0.281 e. The Labute approximate surface area is 209 Å². The SMILES string of the molecule is CC1CN(c2ncccc2C(=O)NS(=O)(=O)c2cccc(N[C@@H](C)C3CCCCC3)n2)C(C)(C)C1. The van der Waals surface area contributed by atoms with E-state index in [1.165, 1.54) is 38.2 Å². The molecule has 190 valence electrons. The molecule has 0 aromatic carbocycles. The molecular formula is C26H37N5O3S. The van der Waals surface area contributed by atoms with Gasteiger partial charge in [0.2, 0.25) is 0 Å². The van der Waals surface area contributed by atoms with Gasteiger partial charge in [-0.05, 0) is 76.1 Å². The maximum Gasteiger partial charge on any atom is 0.281 e. The van der Waals surface area contributed by atoms with Crippen molar-refractivity contribution < 1.29 is 13.2 Å². The van der Waals surface area contributed by atoms with Crippen molar-refractivity contribution in [2.75, 3.05) is 16.8 Å². The van der Waals surface area contributed by atoms with Gasteiger partial charge in [-0.2, -0.15) is 8.42 Å². The minimum atomic E-state index is -4.17. The zero-order valence-corrected chi connectivity index (χ0v) is 21.9. The number of nitrogens with zero attached hydrogens (tertiary/aromatic N) is 3. The molecule has 1 aliphatic heterocycles. The van der Waals surface area contributed by atoms with Crippen LogP contribution in [0.3, 0.4) is 0 Å². The minimum absolute atomic E-state index is 0.182. The number of hydrogen-bond donors (Lipinski definition) is 2. The fourth-order valence-electron chi connectivity index (χ4n) is 5.61. The number of nitrogens with one attached hydrogen (secondary N) is 2.